The third-order valence-corrected chi connectivity index (χ3v) is 7.41. The molecule has 0 atom stereocenters. The minimum atomic E-state index is 0.881. The first-order chi connectivity index (χ1) is 18.4. The molecule has 0 amide bonds. The fourth-order valence-corrected chi connectivity index (χ4v) is 5.75. The highest BCUT2D eigenvalue weighted by atomic mass is 15.0. The monoisotopic (exact) mass is 471 g/mol. The summed E-state index contributed by atoms with van der Waals surface area (Å²) in [4.78, 5) is 10.2. The van der Waals surface area contributed by atoms with Gasteiger partial charge in [0, 0.05) is 32.8 Å². The van der Waals surface area contributed by atoms with Crippen molar-refractivity contribution in [3.8, 4) is 16.9 Å². The van der Waals surface area contributed by atoms with Gasteiger partial charge in [0.1, 0.15) is 0 Å². The predicted octanol–water partition coefficient (Wildman–Crippen LogP) is 8.70. The molecule has 0 saturated heterocycles. The van der Waals surface area contributed by atoms with E-state index in [4.69, 9.17) is 9.97 Å². The van der Waals surface area contributed by atoms with E-state index >= 15 is 0 Å². The fraction of sp³-hybridized carbons (Fsp3) is 0. The lowest BCUT2D eigenvalue weighted by molar-refractivity contribution is 1.18. The van der Waals surface area contributed by atoms with Crippen LogP contribution in [0.3, 0.4) is 0 Å². The summed E-state index contributed by atoms with van der Waals surface area (Å²) < 4.78 is 2.33. The number of nitrogens with zero attached hydrogens (tertiary/aromatic N) is 3. The quantitative estimate of drug-likeness (QED) is 0.236. The average molecular weight is 472 g/mol. The highest BCUT2D eigenvalue weighted by Crippen LogP contribution is 2.36. The van der Waals surface area contributed by atoms with E-state index in [2.05, 4.69) is 126 Å². The van der Waals surface area contributed by atoms with Crippen LogP contribution >= 0.6 is 0 Å². The summed E-state index contributed by atoms with van der Waals surface area (Å²) in [6, 6.07) is 42.8. The second-order valence-electron chi connectivity index (χ2n) is 9.46. The number of rotatable bonds is 2. The summed E-state index contributed by atoms with van der Waals surface area (Å²) in [5.74, 6) is 0. The molecular formula is C34H21N3. The highest BCUT2D eigenvalue weighted by molar-refractivity contribution is 6.23. The standard InChI is InChI=1S/C34H21N3/c1-2-10-23(11-3-1)37-31-17-9-8-14-26(31)29-20-22(18-19-32(29)37)30-21-35-33-27-15-6-4-12-24(27)25-13-5-7-16-28(25)34(33)36-30/h1-21H. The van der Waals surface area contributed by atoms with Crippen LogP contribution in [0.15, 0.2) is 128 Å². The normalized spacial score (nSPS) is 11.8. The third kappa shape index (κ3) is 2.95. The van der Waals surface area contributed by atoms with Crippen LogP contribution in [0, 0.1) is 0 Å². The molecule has 0 unspecified atom stereocenters. The van der Waals surface area contributed by atoms with Gasteiger partial charge in [-0.05, 0) is 41.1 Å². The minimum absolute atomic E-state index is 0.881. The lowest BCUT2D eigenvalue weighted by atomic mass is 9.99. The van der Waals surface area contributed by atoms with Gasteiger partial charge in [-0.25, -0.2) is 4.98 Å². The van der Waals surface area contributed by atoms with E-state index in [1.54, 1.807) is 0 Å². The van der Waals surface area contributed by atoms with Crippen molar-refractivity contribution in [2.75, 3.05) is 0 Å². The van der Waals surface area contributed by atoms with Crippen molar-refractivity contribution in [3.63, 3.8) is 0 Å². The van der Waals surface area contributed by atoms with Crippen molar-refractivity contribution in [1.82, 2.24) is 14.5 Å². The molecule has 0 saturated carbocycles. The zero-order valence-corrected chi connectivity index (χ0v) is 20.0. The molecule has 6 aromatic carbocycles. The molecule has 172 valence electrons. The van der Waals surface area contributed by atoms with Crippen LogP contribution in [0.2, 0.25) is 0 Å². The molecule has 0 aliphatic rings. The van der Waals surface area contributed by atoms with Crippen LogP contribution in [-0.2, 0) is 0 Å². The van der Waals surface area contributed by atoms with Gasteiger partial charge >= 0.3 is 0 Å². The van der Waals surface area contributed by atoms with Crippen molar-refractivity contribution in [2.24, 2.45) is 0 Å². The van der Waals surface area contributed by atoms with E-state index in [0.717, 1.165) is 38.8 Å². The summed E-state index contributed by atoms with van der Waals surface area (Å²) in [7, 11) is 0. The fourth-order valence-electron chi connectivity index (χ4n) is 5.75. The van der Waals surface area contributed by atoms with Gasteiger partial charge in [0.25, 0.3) is 0 Å². The van der Waals surface area contributed by atoms with E-state index in [9.17, 15) is 0 Å². The molecule has 0 spiro atoms. The first kappa shape index (κ1) is 20.2. The smallest absolute Gasteiger partial charge is 0.0979 e. The molecule has 2 heterocycles. The van der Waals surface area contributed by atoms with Crippen molar-refractivity contribution in [1.29, 1.82) is 0 Å². The number of fused-ring (bicyclic) bond motifs is 9. The molecule has 0 bridgehead atoms. The predicted molar refractivity (Wildman–Crippen MR) is 154 cm³/mol. The maximum atomic E-state index is 5.21. The summed E-state index contributed by atoms with van der Waals surface area (Å²) in [5.41, 5.74) is 7.37. The molecule has 8 aromatic rings. The van der Waals surface area contributed by atoms with Gasteiger partial charge in [-0.15, -0.1) is 0 Å². The Bertz CT molecular complexity index is 2100. The second-order valence-corrected chi connectivity index (χ2v) is 9.46. The van der Waals surface area contributed by atoms with Gasteiger partial charge in [0.05, 0.1) is 34.0 Å². The number of aromatic nitrogens is 3. The molecular weight excluding hydrogens is 450 g/mol. The lowest BCUT2D eigenvalue weighted by Gasteiger charge is -2.11. The first-order valence-corrected chi connectivity index (χ1v) is 12.5. The number of para-hydroxylation sites is 2. The summed E-state index contributed by atoms with van der Waals surface area (Å²) in [5, 5.41) is 7.13. The molecule has 3 heteroatoms. The van der Waals surface area contributed by atoms with Gasteiger partial charge < -0.3 is 4.57 Å². The van der Waals surface area contributed by atoms with Gasteiger partial charge in [-0.3, -0.25) is 4.98 Å². The zero-order valence-electron chi connectivity index (χ0n) is 20.0. The summed E-state index contributed by atoms with van der Waals surface area (Å²) in [6.45, 7) is 0. The summed E-state index contributed by atoms with van der Waals surface area (Å²) >= 11 is 0. The van der Waals surface area contributed by atoms with Crippen LogP contribution < -0.4 is 0 Å². The van der Waals surface area contributed by atoms with Crippen LogP contribution in [0.25, 0.3) is 71.3 Å². The third-order valence-electron chi connectivity index (χ3n) is 7.41. The highest BCUT2D eigenvalue weighted by Gasteiger charge is 2.15. The van der Waals surface area contributed by atoms with E-state index in [0.29, 0.717) is 0 Å². The molecule has 8 rings (SSSR count). The Morgan fingerprint density at radius 2 is 1.05 bits per heavy atom. The largest absolute Gasteiger partial charge is 0.309 e. The Morgan fingerprint density at radius 3 is 1.81 bits per heavy atom. The van der Waals surface area contributed by atoms with Crippen molar-refractivity contribution in [2.45, 2.75) is 0 Å². The molecule has 3 nitrogen and oxygen atoms in total. The van der Waals surface area contributed by atoms with Crippen molar-refractivity contribution < 1.29 is 0 Å². The lowest BCUT2D eigenvalue weighted by Crippen LogP contribution is -1.94. The van der Waals surface area contributed by atoms with Crippen LogP contribution in [0.4, 0.5) is 0 Å². The Kier molecular flexibility index (Phi) is 4.23. The maximum absolute atomic E-state index is 5.21. The van der Waals surface area contributed by atoms with E-state index < -0.39 is 0 Å². The van der Waals surface area contributed by atoms with E-state index in [1.807, 2.05) is 6.20 Å². The Morgan fingerprint density at radius 1 is 0.459 bits per heavy atom. The Balaban J connectivity index is 1.40. The number of hydrogen-bond donors (Lipinski definition) is 0. The van der Waals surface area contributed by atoms with E-state index in [1.165, 1.54) is 32.6 Å². The number of benzene rings is 6. The van der Waals surface area contributed by atoms with Gasteiger partial charge in [-0.2, -0.15) is 0 Å². The molecule has 2 aromatic heterocycles. The van der Waals surface area contributed by atoms with Crippen molar-refractivity contribution >= 4 is 54.4 Å². The van der Waals surface area contributed by atoms with Crippen LogP contribution in [0.1, 0.15) is 0 Å². The number of hydrogen-bond acceptors (Lipinski definition) is 2. The van der Waals surface area contributed by atoms with Crippen LogP contribution in [0.5, 0.6) is 0 Å². The molecule has 0 aliphatic carbocycles. The maximum Gasteiger partial charge on any atom is 0.0979 e. The first-order valence-electron chi connectivity index (χ1n) is 12.5. The van der Waals surface area contributed by atoms with Gasteiger partial charge in [0.2, 0.25) is 0 Å². The molecule has 0 fully saturated rings. The van der Waals surface area contributed by atoms with Gasteiger partial charge in [0.15, 0.2) is 0 Å². The van der Waals surface area contributed by atoms with Gasteiger partial charge in [-0.1, -0.05) is 91.0 Å². The topological polar surface area (TPSA) is 30.7 Å². The van der Waals surface area contributed by atoms with E-state index in [-0.39, 0.29) is 0 Å². The second kappa shape index (κ2) is 7.74. The molecule has 0 aliphatic heterocycles. The summed E-state index contributed by atoms with van der Waals surface area (Å²) in [6.07, 6.45) is 1.92. The SMILES string of the molecule is c1ccc(-n2c3ccccc3c3cc(-c4cnc5c6ccccc6c6ccccc6c5n4)ccc32)cc1. The molecule has 0 radical (unpaired) electrons. The molecule has 37 heavy (non-hydrogen) atoms. The minimum Gasteiger partial charge on any atom is -0.309 e. The Labute approximate surface area is 213 Å². The van der Waals surface area contributed by atoms with Crippen LogP contribution in [-0.4, -0.2) is 14.5 Å². The Hall–Kier alpha value is -5.02. The molecule has 0 N–H and O–H groups in total. The zero-order chi connectivity index (χ0) is 24.3. The van der Waals surface area contributed by atoms with Crippen molar-refractivity contribution in [3.05, 3.63) is 128 Å². The average Bonchev–Trinajstić information content (AvgIpc) is 3.31.